The number of hydrogen-bond acceptors (Lipinski definition) is 2. The van der Waals surface area contributed by atoms with Crippen LogP contribution in [0.4, 0.5) is 4.39 Å². The topological polar surface area (TPSA) is 24.4 Å². The van der Waals surface area contributed by atoms with E-state index in [0.29, 0.717) is 0 Å². The molecule has 186 valence electrons. The summed E-state index contributed by atoms with van der Waals surface area (Å²) in [4.78, 5) is 4.32. The highest BCUT2D eigenvalue weighted by molar-refractivity contribution is 6.13. The van der Waals surface area contributed by atoms with Crippen LogP contribution in [0.15, 0.2) is 64.7 Å². The first-order valence-electron chi connectivity index (χ1n) is 13.2. The van der Waals surface area contributed by atoms with Gasteiger partial charge in [-0.15, -0.1) is 0 Å². The van der Waals surface area contributed by atoms with Gasteiger partial charge in [0.05, 0.1) is 5.71 Å². The number of rotatable bonds is 7. The second-order valence-corrected chi connectivity index (χ2v) is 9.48. The van der Waals surface area contributed by atoms with Crippen molar-refractivity contribution < 1.29 is 4.39 Å². The molecule has 1 aromatic carbocycles. The van der Waals surface area contributed by atoms with Crippen molar-refractivity contribution in [3.8, 4) is 0 Å². The number of nitrogens with zero attached hydrogens (tertiary/aromatic N) is 1. The molecule has 1 saturated heterocycles. The lowest BCUT2D eigenvalue weighted by molar-refractivity contribution is 0.270. The number of piperidine rings is 1. The minimum atomic E-state index is -0.188. The van der Waals surface area contributed by atoms with Gasteiger partial charge in [0.15, 0.2) is 0 Å². The van der Waals surface area contributed by atoms with Crippen molar-refractivity contribution in [2.75, 3.05) is 20.1 Å². The summed E-state index contributed by atoms with van der Waals surface area (Å²) in [5, 5.41) is 3.39. The molecule has 0 spiro atoms. The van der Waals surface area contributed by atoms with E-state index in [4.69, 9.17) is 0 Å². The van der Waals surface area contributed by atoms with Gasteiger partial charge in [0.1, 0.15) is 5.82 Å². The highest BCUT2D eigenvalue weighted by Crippen LogP contribution is 2.31. The molecule has 1 unspecified atom stereocenters. The van der Waals surface area contributed by atoms with Gasteiger partial charge < -0.3 is 5.32 Å². The Morgan fingerprint density at radius 3 is 2.53 bits per heavy atom. The zero-order valence-corrected chi connectivity index (χ0v) is 22.3. The SMILES string of the molecule is C/C=C1C=C(/C(=C/CCCC)c2ccc(F)cc2C)C=CC/1=NC.CCC(C)C1CCNCC1. The summed E-state index contributed by atoms with van der Waals surface area (Å²) in [6.45, 7) is 13.4. The number of unbranched alkanes of at least 4 members (excludes halogenated alkanes) is 2. The van der Waals surface area contributed by atoms with E-state index in [1.54, 1.807) is 12.1 Å². The predicted molar refractivity (Wildman–Crippen MR) is 148 cm³/mol. The molecule has 0 bridgehead atoms. The van der Waals surface area contributed by atoms with Crippen LogP contribution in [0.3, 0.4) is 0 Å². The summed E-state index contributed by atoms with van der Waals surface area (Å²) in [5.74, 6) is 1.76. The van der Waals surface area contributed by atoms with Gasteiger partial charge in [-0.1, -0.05) is 64.3 Å². The normalized spacial score (nSPS) is 20.2. The van der Waals surface area contributed by atoms with Crippen molar-refractivity contribution in [1.82, 2.24) is 5.32 Å². The second kappa shape index (κ2) is 14.9. The van der Waals surface area contributed by atoms with Gasteiger partial charge in [0, 0.05) is 7.05 Å². The molecule has 2 aliphatic rings. The Kier molecular flexibility index (Phi) is 12.2. The van der Waals surface area contributed by atoms with Crippen LogP contribution >= 0.6 is 0 Å². The molecule has 0 amide bonds. The lowest BCUT2D eigenvalue weighted by Gasteiger charge is -2.27. The fourth-order valence-corrected chi connectivity index (χ4v) is 4.67. The maximum Gasteiger partial charge on any atom is 0.123 e. The van der Waals surface area contributed by atoms with Crippen molar-refractivity contribution in [3.05, 3.63) is 76.7 Å². The molecule has 1 atom stereocenters. The van der Waals surface area contributed by atoms with Gasteiger partial charge >= 0.3 is 0 Å². The molecule has 1 aliphatic carbocycles. The summed E-state index contributed by atoms with van der Waals surface area (Å²) < 4.78 is 13.5. The van der Waals surface area contributed by atoms with Gasteiger partial charge in [-0.25, -0.2) is 4.39 Å². The Morgan fingerprint density at radius 2 is 1.94 bits per heavy atom. The summed E-state index contributed by atoms with van der Waals surface area (Å²) in [5.41, 5.74) is 6.49. The van der Waals surface area contributed by atoms with E-state index in [0.717, 1.165) is 59.1 Å². The Balaban J connectivity index is 0.000000340. The van der Waals surface area contributed by atoms with Crippen LogP contribution in [0.5, 0.6) is 0 Å². The van der Waals surface area contributed by atoms with Crippen LogP contribution < -0.4 is 5.32 Å². The third-order valence-electron chi connectivity index (χ3n) is 7.11. The summed E-state index contributed by atoms with van der Waals surface area (Å²) in [6, 6.07) is 5.03. The fraction of sp³-hybridized carbons (Fsp3) is 0.516. The highest BCUT2D eigenvalue weighted by Gasteiger charge is 2.17. The largest absolute Gasteiger partial charge is 0.317 e. The number of aryl methyl sites for hydroxylation is 1. The first-order valence-corrected chi connectivity index (χ1v) is 13.2. The van der Waals surface area contributed by atoms with E-state index in [9.17, 15) is 4.39 Å². The Bertz CT molecular complexity index is 927. The molecule has 1 N–H and O–H groups in total. The smallest absolute Gasteiger partial charge is 0.123 e. The maximum absolute atomic E-state index is 13.5. The second-order valence-electron chi connectivity index (χ2n) is 9.48. The third kappa shape index (κ3) is 8.20. The molecule has 0 aromatic heterocycles. The van der Waals surface area contributed by atoms with Crippen LogP contribution in [-0.2, 0) is 0 Å². The van der Waals surface area contributed by atoms with E-state index < -0.39 is 0 Å². The van der Waals surface area contributed by atoms with E-state index >= 15 is 0 Å². The van der Waals surface area contributed by atoms with E-state index in [1.165, 1.54) is 37.9 Å². The molecule has 1 heterocycles. The van der Waals surface area contributed by atoms with Crippen LogP contribution in [-0.4, -0.2) is 25.8 Å². The molecular weight excluding hydrogens is 419 g/mol. The Labute approximate surface area is 207 Å². The maximum atomic E-state index is 13.5. The van der Waals surface area contributed by atoms with Crippen molar-refractivity contribution >= 4 is 11.3 Å². The first kappa shape index (κ1) is 28.0. The molecular formula is C31H45FN2. The zero-order chi connectivity index (χ0) is 24.9. The highest BCUT2D eigenvalue weighted by atomic mass is 19.1. The molecule has 3 rings (SSSR count). The average molecular weight is 465 g/mol. The van der Waals surface area contributed by atoms with E-state index in [-0.39, 0.29) is 5.82 Å². The molecule has 1 fully saturated rings. The minimum absolute atomic E-state index is 0.188. The van der Waals surface area contributed by atoms with Gasteiger partial charge in [-0.05, 0) is 110 Å². The molecule has 3 heteroatoms. The predicted octanol–water partition coefficient (Wildman–Crippen LogP) is 8.25. The number of benzene rings is 1. The number of aliphatic imine (C=N–C) groups is 1. The molecule has 1 aliphatic heterocycles. The third-order valence-corrected chi connectivity index (χ3v) is 7.11. The quantitative estimate of drug-likeness (QED) is 0.404. The first-order chi connectivity index (χ1) is 16.4. The van der Waals surface area contributed by atoms with Crippen LogP contribution in [0, 0.1) is 24.6 Å². The molecule has 0 radical (unpaired) electrons. The van der Waals surface area contributed by atoms with Crippen molar-refractivity contribution in [3.63, 3.8) is 0 Å². The van der Waals surface area contributed by atoms with Gasteiger partial charge in [0.2, 0.25) is 0 Å². The zero-order valence-electron chi connectivity index (χ0n) is 22.3. The molecule has 0 saturated carbocycles. The number of hydrogen-bond donors (Lipinski definition) is 1. The van der Waals surface area contributed by atoms with Crippen molar-refractivity contribution in [2.45, 2.75) is 73.1 Å². The lowest BCUT2D eigenvalue weighted by atomic mass is 9.85. The number of halogens is 1. The fourth-order valence-electron chi connectivity index (χ4n) is 4.67. The van der Waals surface area contributed by atoms with Crippen LogP contribution in [0.2, 0.25) is 0 Å². The summed E-state index contributed by atoms with van der Waals surface area (Å²) in [6.07, 6.45) is 18.2. The lowest BCUT2D eigenvalue weighted by Crippen LogP contribution is -2.30. The average Bonchev–Trinajstić information content (AvgIpc) is 2.87. The van der Waals surface area contributed by atoms with Gasteiger partial charge in [0.25, 0.3) is 0 Å². The van der Waals surface area contributed by atoms with Crippen molar-refractivity contribution in [1.29, 1.82) is 0 Å². The Morgan fingerprint density at radius 1 is 1.21 bits per heavy atom. The van der Waals surface area contributed by atoms with E-state index in [1.807, 2.05) is 27.0 Å². The minimum Gasteiger partial charge on any atom is -0.317 e. The standard InChI is InChI=1S/C22H26FN.C9H19N/c1-5-7-8-9-21(20-12-11-19(23)14-16(20)3)18-10-13-22(24-4)17(6-2)15-18;1-3-8(2)9-4-6-10-7-5-9/h6,9-15H,5,7-8H2,1-4H3;8-10H,3-7H2,1-2H3/b17-6-,21-9-,24-22?;. The van der Waals surface area contributed by atoms with Crippen molar-refractivity contribution in [2.24, 2.45) is 16.8 Å². The van der Waals surface area contributed by atoms with E-state index in [2.05, 4.69) is 61.5 Å². The number of nitrogens with one attached hydrogen (secondary N) is 1. The Hall–Kier alpha value is -2.26. The van der Waals surface area contributed by atoms with Gasteiger partial charge in [-0.2, -0.15) is 0 Å². The summed E-state index contributed by atoms with van der Waals surface area (Å²) in [7, 11) is 1.81. The summed E-state index contributed by atoms with van der Waals surface area (Å²) >= 11 is 0. The van der Waals surface area contributed by atoms with Gasteiger partial charge in [-0.3, -0.25) is 4.99 Å². The molecule has 2 nitrogen and oxygen atoms in total. The molecule has 1 aromatic rings. The van der Waals surface area contributed by atoms with Crippen LogP contribution in [0.1, 0.15) is 77.3 Å². The monoisotopic (exact) mass is 464 g/mol. The number of allylic oxidation sites excluding steroid dienone is 8. The molecule has 34 heavy (non-hydrogen) atoms. The van der Waals surface area contributed by atoms with Crippen LogP contribution in [0.25, 0.3) is 5.57 Å².